The molecule has 2 aromatic heterocycles. The summed E-state index contributed by atoms with van der Waals surface area (Å²) in [7, 11) is 0. The fourth-order valence-corrected chi connectivity index (χ4v) is 3.20. The highest BCUT2D eigenvalue weighted by atomic mass is 35.5. The minimum absolute atomic E-state index is 0.106. The molecule has 33 heavy (non-hydrogen) atoms. The van der Waals surface area contributed by atoms with Crippen LogP contribution in [0.4, 0.5) is 11.6 Å². The Labute approximate surface area is 192 Å². The molecule has 10 nitrogen and oxygen atoms in total. The number of benzene rings is 2. The average Bonchev–Trinajstić information content (AvgIpc) is 2.79. The minimum Gasteiger partial charge on any atom is -0.439 e. The molecule has 11 heteroatoms. The van der Waals surface area contributed by atoms with Gasteiger partial charge in [0.1, 0.15) is 5.75 Å². The van der Waals surface area contributed by atoms with Gasteiger partial charge in [0.05, 0.1) is 18.9 Å². The number of aromatic nitrogens is 5. The Morgan fingerprint density at radius 3 is 2.42 bits per heavy atom. The molecule has 0 aliphatic carbocycles. The summed E-state index contributed by atoms with van der Waals surface area (Å²) in [5, 5.41) is 3.61. The number of ether oxygens (including phenoxy) is 1. The van der Waals surface area contributed by atoms with Crippen LogP contribution in [0.2, 0.25) is 5.02 Å². The number of aromatic amines is 1. The van der Waals surface area contributed by atoms with Crippen molar-refractivity contribution in [3.05, 3.63) is 103 Å². The first-order chi connectivity index (χ1) is 15.9. The number of anilines is 2. The molecule has 168 valence electrons. The number of nitrogens with one attached hydrogen (secondary N) is 2. The number of nitrogens with zero attached hydrogens (tertiary/aromatic N) is 4. The van der Waals surface area contributed by atoms with Crippen molar-refractivity contribution in [2.75, 3.05) is 5.32 Å². The zero-order chi connectivity index (χ0) is 23.4. The van der Waals surface area contributed by atoms with Crippen molar-refractivity contribution in [3.8, 4) is 11.6 Å². The molecule has 0 atom stereocenters. The van der Waals surface area contributed by atoms with Gasteiger partial charge in [0.25, 0.3) is 5.56 Å². The average molecular weight is 467 g/mol. The number of hydrogen-bond acceptors (Lipinski definition) is 7. The molecule has 2 aromatic carbocycles. The van der Waals surface area contributed by atoms with Gasteiger partial charge in [0.15, 0.2) is 0 Å². The SMILES string of the molecule is CCn1c(=O)nc(Nc2ccc(Oc3cc(=O)[nH]cn3)cc2)n(Cc2ccc(Cl)cc2)c1=O. The molecule has 0 saturated heterocycles. The molecule has 4 aromatic rings. The highest BCUT2D eigenvalue weighted by molar-refractivity contribution is 6.30. The van der Waals surface area contributed by atoms with Crippen LogP contribution in [-0.4, -0.2) is 24.1 Å². The number of rotatable bonds is 7. The molecular weight excluding hydrogens is 448 g/mol. The summed E-state index contributed by atoms with van der Waals surface area (Å²) >= 11 is 5.95. The summed E-state index contributed by atoms with van der Waals surface area (Å²) in [5.41, 5.74) is -0.0498. The summed E-state index contributed by atoms with van der Waals surface area (Å²) in [6, 6.07) is 15.0. The Bertz CT molecular complexity index is 1440. The minimum atomic E-state index is -0.641. The third-order valence-corrected chi connectivity index (χ3v) is 4.96. The van der Waals surface area contributed by atoms with E-state index in [0.717, 1.165) is 10.1 Å². The van der Waals surface area contributed by atoms with E-state index < -0.39 is 11.4 Å². The van der Waals surface area contributed by atoms with Crippen molar-refractivity contribution in [1.29, 1.82) is 0 Å². The molecule has 0 radical (unpaired) electrons. The second-order valence-electron chi connectivity index (χ2n) is 6.96. The Hall–Kier alpha value is -4.18. The summed E-state index contributed by atoms with van der Waals surface area (Å²) < 4.78 is 8.00. The standard InChI is InChI=1S/C22H19ClN6O4/c1-2-28-21(31)27-20(29(22(28)32)12-14-3-5-15(23)6-4-14)26-16-7-9-17(10-8-16)33-19-11-18(30)24-13-25-19/h3-11,13H,2,12H2,1H3,(H,24,25,30)(H,26,27,31). The summed E-state index contributed by atoms with van der Waals surface area (Å²) in [6.45, 7) is 2.10. The molecule has 0 unspecified atom stereocenters. The second kappa shape index (κ2) is 9.53. The highest BCUT2D eigenvalue weighted by Crippen LogP contribution is 2.22. The summed E-state index contributed by atoms with van der Waals surface area (Å²) in [5.74, 6) is 0.710. The van der Waals surface area contributed by atoms with Crippen LogP contribution in [0.25, 0.3) is 0 Å². The Balaban J connectivity index is 1.62. The number of halogens is 1. The third kappa shape index (κ3) is 5.18. The monoisotopic (exact) mass is 466 g/mol. The highest BCUT2D eigenvalue weighted by Gasteiger charge is 2.13. The zero-order valence-electron chi connectivity index (χ0n) is 17.5. The van der Waals surface area contributed by atoms with Crippen molar-refractivity contribution < 1.29 is 4.74 Å². The van der Waals surface area contributed by atoms with Crippen LogP contribution < -0.4 is 27.0 Å². The van der Waals surface area contributed by atoms with Crippen molar-refractivity contribution in [2.45, 2.75) is 20.0 Å². The number of hydrogen-bond donors (Lipinski definition) is 2. The smallest absolute Gasteiger partial charge is 0.354 e. The molecule has 4 rings (SSSR count). The van der Waals surface area contributed by atoms with E-state index in [1.165, 1.54) is 17.0 Å². The van der Waals surface area contributed by atoms with E-state index in [9.17, 15) is 14.4 Å². The fourth-order valence-electron chi connectivity index (χ4n) is 3.07. The molecule has 0 spiro atoms. The lowest BCUT2D eigenvalue weighted by atomic mass is 10.2. The Morgan fingerprint density at radius 1 is 1.03 bits per heavy atom. The van der Waals surface area contributed by atoms with Crippen molar-refractivity contribution in [2.24, 2.45) is 0 Å². The Morgan fingerprint density at radius 2 is 1.76 bits per heavy atom. The summed E-state index contributed by atoms with van der Waals surface area (Å²) in [6.07, 6.45) is 1.25. The van der Waals surface area contributed by atoms with E-state index in [0.29, 0.717) is 16.5 Å². The van der Waals surface area contributed by atoms with Gasteiger partial charge in [-0.15, -0.1) is 0 Å². The predicted octanol–water partition coefficient (Wildman–Crippen LogP) is 2.75. The maximum atomic E-state index is 13.0. The molecule has 0 aliphatic heterocycles. The van der Waals surface area contributed by atoms with Crippen LogP contribution in [0.3, 0.4) is 0 Å². The van der Waals surface area contributed by atoms with Gasteiger partial charge in [-0.1, -0.05) is 23.7 Å². The van der Waals surface area contributed by atoms with E-state index in [2.05, 4.69) is 20.3 Å². The van der Waals surface area contributed by atoms with Gasteiger partial charge in [0.2, 0.25) is 11.8 Å². The van der Waals surface area contributed by atoms with Crippen molar-refractivity contribution in [1.82, 2.24) is 24.1 Å². The molecule has 2 heterocycles. The zero-order valence-corrected chi connectivity index (χ0v) is 18.2. The van der Waals surface area contributed by atoms with Gasteiger partial charge in [-0.3, -0.25) is 9.36 Å². The quantitative estimate of drug-likeness (QED) is 0.429. The van der Waals surface area contributed by atoms with E-state index in [-0.39, 0.29) is 30.5 Å². The fraction of sp³-hybridized carbons (Fsp3) is 0.136. The largest absolute Gasteiger partial charge is 0.439 e. The molecular formula is C22H19ClN6O4. The van der Waals surface area contributed by atoms with Gasteiger partial charge >= 0.3 is 11.4 Å². The van der Waals surface area contributed by atoms with Crippen LogP contribution in [-0.2, 0) is 13.1 Å². The Kier molecular flexibility index (Phi) is 6.36. The topological polar surface area (TPSA) is 124 Å². The van der Waals surface area contributed by atoms with Gasteiger partial charge in [-0.25, -0.2) is 19.1 Å². The molecule has 2 N–H and O–H groups in total. The van der Waals surface area contributed by atoms with Gasteiger partial charge in [-0.05, 0) is 48.9 Å². The van der Waals surface area contributed by atoms with Crippen molar-refractivity contribution in [3.63, 3.8) is 0 Å². The van der Waals surface area contributed by atoms with Crippen LogP contribution in [0.5, 0.6) is 11.6 Å². The first kappa shape index (κ1) is 22.0. The molecule has 0 fully saturated rings. The van der Waals surface area contributed by atoms with Gasteiger partial charge in [0, 0.05) is 17.3 Å². The summed E-state index contributed by atoms with van der Waals surface area (Å²) in [4.78, 5) is 47.1. The van der Waals surface area contributed by atoms with E-state index in [1.54, 1.807) is 55.5 Å². The lowest BCUT2D eigenvalue weighted by Crippen LogP contribution is -2.42. The van der Waals surface area contributed by atoms with Gasteiger partial charge in [-0.2, -0.15) is 4.98 Å². The second-order valence-corrected chi connectivity index (χ2v) is 7.39. The molecule has 0 bridgehead atoms. The van der Waals surface area contributed by atoms with Crippen LogP contribution in [0, 0.1) is 0 Å². The van der Waals surface area contributed by atoms with E-state index >= 15 is 0 Å². The van der Waals surface area contributed by atoms with Crippen molar-refractivity contribution >= 4 is 23.2 Å². The molecule has 0 amide bonds. The van der Waals surface area contributed by atoms with Crippen LogP contribution in [0.15, 0.2) is 75.3 Å². The lowest BCUT2D eigenvalue weighted by molar-refractivity contribution is 0.460. The van der Waals surface area contributed by atoms with Crippen LogP contribution >= 0.6 is 11.6 Å². The molecule has 0 saturated carbocycles. The molecule has 0 aliphatic rings. The normalized spacial score (nSPS) is 10.7. The van der Waals surface area contributed by atoms with E-state index in [4.69, 9.17) is 16.3 Å². The third-order valence-electron chi connectivity index (χ3n) is 4.71. The first-order valence-electron chi connectivity index (χ1n) is 9.98. The van der Waals surface area contributed by atoms with Crippen LogP contribution in [0.1, 0.15) is 12.5 Å². The lowest BCUT2D eigenvalue weighted by Gasteiger charge is -2.15. The maximum Gasteiger partial charge on any atom is 0.354 e. The number of H-pyrrole nitrogens is 1. The maximum absolute atomic E-state index is 13.0. The predicted molar refractivity (Wildman–Crippen MR) is 124 cm³/mol. The first-order valence-corrected chi connectivity index (χ1v) is 10.4. The van der Waals surface area contributed by atoms with Gasteiger partial charge < -0.3 is 15.0 Å². The van der Waals surface area contributed by atoms with E-state index in [1.807, 2.05) is 0 Å².